The molecule has 2 N–H and O–H groups in total. The van der Waals surface area contributed by atoms with Gasteiger partial charge in [0.25, 0.3) is 5.91 Å². The number of amides is 1. The number of hydrogen-bond donors (Lipinski definition) is 2. The minimum atomic E-state index is -0.289. The van der Waals surface area contributed by atoms with Crippen molar-refractivity contribution in [1.82, 2.24) is 9.88 Å². The van der Waals surface area contributed by atoms with Crippen molar-refractivity contribution in [1.29, 1.82) is 0 Å². The molecule has 7 heteroatoms. The fourth-order valence-corrected chi connectivity index (χ4v) is 2.83. The second-order valence-electron chi connectivity index (χ2n) is 6.40. The zero-order valence-corrected chi connectivity index (χ0v) is 15.4. The van der Waals surface area contributed by atoms with E-state index >= 15 is 0 Å². The fourth-order valence-electron chi connectivity index (χ4n) is 2.83. The van der Waals surface area contributed by atoms with Crippen LogP contribution in [0, 0.1) is 0 Å². The number of carbonyl (C=O) groups is 2. The van der Waals surface area contributed by atoms with Crippen LogP contribution in [0.1, 0.15) is 27.8 Å². The summed E-state index contributed by atoms with van der Waals surface area (Å²) in [6, 6.07) is 10.4. The predicted molar refractivity (Wildman–Crippen MR) is 104 cm³/mol. The molecular weight excluding hydrogens is 344 g/mol. The third kappa shape index (κ3) is 5.60. The highest BCUT2D eigenvalue weighted by Gasteiger charge is 2.11. The monoisotopic (exact) mass is 368 g/mol. The first-order valence-corrected chi connectivity index (χ1v) is 9.04. The number of ether oxygens (including phenoxy) is 1. The Bertz CT molecular complexity index is 786. The van der Waals surface area contributed by atoms with Crippen LogP contribution in [0.2, 0.25) is 0 Å². The first-order chi connectivity index (χ1) is 13.1. The van der Waals surface area contributed by atoms with Gasteiger partial charge >= 0.3 is 0 Å². The van der Waals surface area contributed by atoms with Gasteiger partial charge in [-0.2, -0.15) is 0 Å². The average molecular weight is 368 g/mol. The van der Waals surface area contributed by atoms with Crippen LogP contribution in [-0.2, 0) is 4.74 Å². The van der Waals surface area contributed by atoms with Gasteiger partial charge in [-0.25, -0.2) is 0 Å². The van der Waals surface area contributed by atoms with Crippen LogP contribution >= 0.6 is 0 Å². The number of ketones is 1. The number of benzene rings is 1. The summed E-state index contributed by atoms with van der Waals surface area (Å²) in [4.78, 5) is 30.2. The molecule has 0 aliphatic carbocycles. The maximum absolute atomic E-state index is 12.4. The van der Waals surface area contributed by atoms with Crippen LogP contribution in [0.3, 0.4) is 0 Å². The number of anilines is 2. The van der Waals surface area contributed by atoms with Crippen LogP contribution in [0.25, 0.3) is 0 Å². The van der Waals surface area contributed by atoms with Crippen molar-refractivity contribution in [2.24, 2.45) is 0 Å². The fraction of sp³-hybridized carbons (Fsp3) is 0.350. The molecule has 1 saturated heterocycles. The molecule has 0 radical (unpaired) electrons. The summed E-state index contributed by atoms with van der Waals surface area (Å²) in [5.41, 5.74) is 2.42. The van der Waals surface area contributed by atoms with Gasteiger partial charge < -0.3 is 15.4 Å². The first-order valence-electron chi connectivity index (χ1n) is 9.04. The van der Waals surface area contributed by atoms with Gasteiger partial charge in [-0.3, -0.25) is 19.5 Å². The summed E-state index contributed by atoms with van der Waals surface area (Å²) in [6.45, 7) is 6.70. The maximum atomic E-state index is 12.4. The molecule has 27 heavy (non-hydrogen) atoms. The molecular formula is C20H24N4O3. The SMILES string of the molecule is CC(=O)c1ccc(NC(=O)c2cc(NCCN3CCOCC3)ccn2)cc1. The molecule has 0 unspecified atom stereocenters. The lowest BCUT2D eigenvalue weighted by Gasteiger charge is -2.26. The summed E-state index contributed by atoms with van der Waals surface area (Å²) in [6.07, 6.45) is 1.62. The predicted octanol–water partition coefficient (Wildman–Crippen LogP) is 2.28. The molecule has 142 valence electrons. The van der Waals surface area contributed by atoms with Crippen LogP contribution in [0.5, 0.6) is 0 Å². The summed E-state index contributed by atoms with van der Waals surface area (Å²) in [5, 5.41) is 6.13. The normalized spacial score (nSPS) is 14.6. The minimum Gasteiger partial charge on any atom is -0.384 e. The van der Waals surface area contributed by atoms with Crippen molar-refractivity contribution < 1.29 is 14.3 Å². The standard InChI is InChI=1S/C20H24N4O3/c1-15(25)16-2-4-17(5-3-16)23-20(26)19-14-18(6-7-22-19)21-8-9-24-10-12-27-13-11-24/h2-7,14H,8-13H2,1H3,(H,21,22)(H,23,26). The van der Waals surface area contributed by atoms with Crippen molar-refractivity contribution in [2.75, 3.05) is 50.0 Å². The Balaban J connectivity index is 1.54. The zero-order chi connectivity index (χ0) is 19.1. The first kappa shape index (κ1) is 19.0. The van der Waals surface area contributed by atoms with Crippen LogP contribution in [-0.4, -0.2) is 61.0 Å². The Morgan fingerprint density at radius 1 is 1.11 bits per heavy atom. The molecule has 1 aromatic heterocycles. The molecule has 2 aromatic rings. The van der Waals surface area contributed by atoms with Gasteiger partial charge in [0.05, 0.1) is 13.2 Å². The topological polar surface area (TPSA) is 83.6 Å². The van der Waals surface area contributed by atoms with E-state index in [1.54, 1.807) is 36.5 Å². The number of morpholine rings is 1. The van der Waals surface area contributed by atoms with Crippen molar-refractivity contribution in [3.8, 4) is 0 Å². The van der Waals surface area contributed by atoms with E-state index in [9.17, 15) is 9.59 Å². The Kier molecular flexibility index (Phi) is 6.51. The molecule has 1 aliphatic rings. The van der Waals surface area contributed by atoms with E-state index in [0.717, 1.165) is 45.1 Å². The Morgan fingerprint density at radius 2 is 1.85 bits per heavy atom. The second kappa shape index (κ2) is 9.25. The number of nitrogens with one attached hydrogen (secondary N) is 2. The minimum absolute atomic E-state index is 0.00889. The molecule has 1 aromatic carbocycles. The highest BCUT2D eigenvalue weighted by molar-refractivity contribution is 6.03. The molecule has 1 fully saturated rings. The van der Waals surface area contributed by atoms with E-state index in [0.29, 0.717) is 16.9 Å². The van der Waals surface area contributed by atoms with Gasteiger partial charge in [-0.15, -0.1) is 0 Å². The van der Waals surface area contributed by atoms with E-state index in [4.69, 9.17) is 4.74 Å². The lowest BCUT2D eigenvalue weighted by Crippen LogP contribution is -2.39. The van der Waals surface area contributed by atoms with Crippen molar-refractivity contribution in [2.45, 2.75) is 6.92 Å². The lowest BCUT2D eigenvalue weighted by atomic mass is 10.1. The largest absolute Gasteiger partial charge is 0.384 e. The summed E-state index contributed by atoms with van der Waals surface area (Å²) >= 11 is 0. The van der Waals surface area contributed by atoms with E-state index in [1.807, 2.05) is 6.07 Å². The molecule has 2 heterocycles. The molecule has 0 atom stereocenters. The smallest absolute Gasteiger partial charge is 0.274 e. The van der Waals surface area contributed by atoms with Gasteiger partial charge in [-0.1, -0.05) is 0 Å². The number of pyridine rings is 1. The second-order valence-corrected chi connectivity index (χ2v) is 6.40. The molecule has 1 aliphatic heterocycles. The Hall–Kier alpha value is -2.77. The molecule has 0 bridgehead atoms. The Labute approximate surface area is 158 Å². The number of aromatic nitrogens is 1. The van der Waals surface area contributed by atoms with E-state index < -0.39 is 0 Å². The van der Waals surface area contributed by atoms with E-state index in [-0.39, 0.29) is 11.7 Å². The van der Waals surface area contributed by atoms with E-state index in [2.05, 4.69) is 20.5 Å². The van der Waals surface area contributed by atoms with Gasteiger partial charge in [-0.05, 0) is 43.3 Å². The number of nitrogens with zero attached hydrogens (tertiary/aromatic N) is 2. The van der Waals surface area contributed by atoms with Gasteiger partial charge in [0.15, 0.2) is 5.78 Å². The van der Waals surface area contributed by atoms with Crippen LogP contribution < -0.4 is 10.6 Å². The summed E-state index contributed by atoms with van der Waals surface area (Å²) in [5.74, 6) is -0.298. The van der Waals surface area contributed by atoms with Gasteiger partial charge in [0, 0.05) is 49.3 Å². The number of Topliss-reactive ketones (excluding diaryl/α,β-unsaturated/α-hetero) is 1. The zero-order valence-electron chi connectivity index (χ0n) is 15.4. The summed E-state index contributed by atoms with van der Waals surface area (Å²) in [7, 11) is 0. The van der Waals surface area contributed by atoms with Gasteiger partial charge in [0.2, 0.25) is 0 Å². The van der Waals surface area contributed by atoms with E-state index in [1.165, 1.54) is 6.92 Å². The number of rotatable bonds is 7. The molecule has 3 rings (SSSR count). The maximum Gasteiger partial charge on any atom is 0.274 e. The number of hydrogen-bond acceptors (Lipinski definition) is 6. The molecule has 0 spiro atoms. The lowest BCUT2D eigenvalue weighted by molar-refractivity contribution is 0.0398. The molecule has 0 saturated carbocycles. The highest BCUT2D eigenvalue weighted by Crippen LogP contribution is 2.13. The molecule has 1 amide bonds. The highest BCUT2D eigenvalue weighted by atomic mass is 16.5. The summed E-state index contributed by atoms with van der Waals surface area (Å²) < 4.78 is 5.34. The quantitative estimate of drug-likeness (QED) is 0.730. The third-order valence-electron chi connectivity index (χ3n) is 4.40. The van der Waals surface area contributed by atoms with Crippen molar-refractivity contribution >= 4 is 23.1 Å². The van der Waals surface area contributed by atoms with Crippen molar-refractivity contribution in [3.05, 3.63) is 53.9 Å². The molecule has 7 nitrogen and oxygen atoms in total. The van der Waals surface area contributed by atoms with Crippen LogP contribution in [0.4, 0.5) is 11.4 Å². The third-order valence-corrected chi connectivity index (χ3v) is 4.40. The average Bonchev–Trinajstić information content (AvgIpc) is 2.69. The van der Waals surface area contributed by atoms with Gasteiger partial charge in [0.1, 0.15) is 5.69 Å². The Morgan fingerprint density at radius 3 is 2.56 bits per heavy atom. The van der Waals surface area contributed by atoms with Crippen molar-refractivity contribution in [3.63, 3.8) is 0 Å². The van der Waals surface area contributed by atoms with Crippen LogP contribution in [0.15, 0.2) is 42.6 Å². The number of carbonyl (C=O) groups excluding carboxylic acids is 2.